The molecular weight excluding hydrogens is 482 g/mol. The lowest BCUT2D eigenvalue weighted by Gasteiger charge is -2.12. The molecule has 0 aliphatic carbocycles. The van der Waals surface area contributed by atoms with Gasteiger partial charge in [0.25, 0.3) is 5.56 Å². The number of benzene rings is 2. The van der Waals surface area contributed by atoms with Crippen LogP contribution in [-0.2, 0) is 22.6 Å². The number of thiophene rings is 1. The summed E-state index contributed by atoms with van der Waals surface area (Å²) in [6.07, 6.45) is 0. The van der Waals surface area contributed by atoms with Gasteiger partial charge in [0.2, 0.25) is 5.91 Å². The number of ether oxygens (including phenoxy) is 1. The van der Waals surface area contributed by atoms with Crippen molar-refractivity contribution in [1.29, 1.82) is 0 Å². The molecule has 0 saturated carbocycles. The fourth-order valence-corrected chi connectivity index (χ4v) is 5.53. The molecule has 35 heavy (non-hydrogen) atoms. The Kier molecular flexibility index (Phi) is 7.99. The van der Waals surface area contributed by atoms with Crippen molar-refractivity contribution in [1.82, 2.24) is 14.9 Å². The van der Waals surface area contributed by atoms with Crippen molar-refractivity contribution in [2.75, 3.05) is 12.4 Å². The first-order chi connectivity index (χ1) is 17.0. The highest BCUT2D eigenvalue weighted by Crippen LogP contribution is 2.30. The smallest absolute Gasteiger partial charge is 0.348 e. The van der Waals surface area contributed by atoms with Gasteiger partial charge in [-0.1, -0.05) is 72.4 Å². The van der Waals surface area contributed by atoms with E-state index in [0.717, 1.165) is 22.5 Å². The lowest BCUT2D eigenvalue weighted by atomic mass is 10.2. The maximum Gasteiger partial charge on any atom is 0.348 e. The van der Waals surface area contributed by atoms with Crippen LogP contribution in [0.3, 0.4) is 0 Å². The molecule has 4 rings (SSSR count). The molecule has 0 unspecified atom stereocenters. The van der Waals surface area contributed by atoms with E-state index in [1.807, 2.05) is 60.7 Å². The van der Waals surface area contributed by atoms with E-state index in [1.54, 1.807) is 18.4 Å². The largest absolute Gasteiger partial charge is 0.462 e. The van der Waals surface area contributed by atoms with Gasteiger partial charge >= 0.3 is 5.97 Å². The van der Waals surface area contributed by atoms with Crippen molar-refractivity contribution in [3.8, 4) is 0 Å². The van der Waals surface area contributed by atoms with E-state index in [1.165, 1.54) is 11.8 Å². The molecule has 1 amide bonds. The van der Waals surface area contributed by atoms with E-state index in [9.17, 15) is 14.4 Å². The van der Waals surface area contributed by atoms with E-state index in [4.69, 9.17) is 9.72 Å². The van der Waals surface area contributed by atoms with E-state index < -0.39 is 5.97 Å². The maximum absolute atomic E-state index is 13.6. The average molecular weight is 508 g/mol. The Bertz CT molecular complexity index is 1400. The molecule has 180 valence electrons. The summed E-state index contributed by atoms with van der Waals surface area (Å²) in [6.45, 7) is 4.46. The van der Waals surface area contributed by atoms with E-state index in [0.29, 0.717) is 38.9 Å². The van der Waals surface area contributed by atoms with Gasteiger partial charge in [-0.25, -0.2) is 9.78 Å². The predicted molar refractivity (Wildman–Crippen MR) is 139 cm³/mol. The van der Waals surface area contributed by atoms with Gasteiger partial charge in [0.05, 0.1) is 24.3 Å². The van der Waals surface area contributed by atoms with Crippen molar-refractivity contribution < 1.29 is 14.3 Å². The summed E-state index contributed by atoms with van der Waals surface area (Å²) >= 11 is 2.35. The summed E-state index contributed by atoms with van der Waals surface area (Å²) in [4.78, 5) is 44.1. The predicted octanol–water partition coefficient (Wildman–Crippen LogP) is 4.40. The first-order valence-corrected chi connectivity index (χ1v) is 13.0. The highest BCUT2D eigenvalue weighted by Gasteiger charge is 2.23. The molecule has 0 bridgehead atoms. The molecule has 0 fully saturated rings. The van der Waals surface area contributed by atoms with Gasteiger partial charge < -0.3 is 10.1 Å². The van der Waals surface area contributed by atoms with Crippen molar-refractivity contribution in [3.63, 3.8) is 0 Å². The minimum Gasteiger partial charge on any atom is -0.462 e. The minimum absolute atomic E-state index is 0.106. The van der Waals surface area contributed by atoms with Crippen LogP contribution in [0.25, 0.3) is 10.2 Å². The molecule has 2 aromatic carbocycles. The van der Waals surface area contributed by atoms with Gasteiger partial charge in [-0.3, -0.25) is 14.2 Å². The van der Waals surface area contributed by atoms with Gasteiger partial charge in [-0.2, -0.15) is 0 Å². The summed E-state index contributed by atoms with van der Waals surface area (Å²) in [7, 11) is 0. The Morgan fingerprint density at radius 3 is 2.37 bits per heavy atom. The van der Waals surface area contributed by atoms with E-state index >= 15 is 0 Å². The van der Waals surface area contributed by atoms with Crippen LogP contribution in [0, 0.1) is 6.92 Å². The molecular formula is C26H25N3O4S2. The molecule has 0 aliphatic rings. The van der Waals surface area contributed by atoms with Gasteiger partial charge in [0.15, 0.2) is 5.16 Å². The molecule has 0 atom stereocenters. The Morgan fingerprint density at radius 1 is 1.06 bits per heavy atom. The third-order valence-corrected chi connectivity index (χ3v) is 7.47. The number of nitrogens with zero attached hydrogens (tertiary/aromatic N) is 2. The van der Waals surface area contributed by atoms with Gasteiger partial charge in [0, 0.05) is 6.54 Å². The molecule has 0 radical (unpaired) electrons. The van der Waals surface area contributed by atoms with Crippen molar-refractivity contribution in [3.05, 3.63) is 92.6 Å². The lowest BCUT2D eigenvalue weighted by Crippen LogP contribution is -2.27. The van der Waals surface area contributed by atoms with Gasteiger partial charge in [-0.05, 0) is 30.5 Å². The standard InChI is InChI=1S/C26H25N3O4S2/c1-3-33-25(32)22-17(2)21-23(35-22)28-26(29(24(21)31)15-19-12-8-5-9-13-19)34-16-20(30)27-14-18-10-6-4-7-11-18/h4-13H,3,14-16H2,1-2H3,(H,27,30). The molecule has 1 N–H and O–H groups in total. The number of fused-ring (bicyclic) bond motifs is 1. The van der Waals surface area contributed by atoms with Crippen molar-refractivity contribution in [2.24, 2.45) is 0 Å². The SMILES string of the molecule is CCOC(=O)c1sc2nc(SCC(=O)NCc3ccccc3)n(Cc3ccccc3)c(=O)c2c1C. The normalized spacial score (nSPS) is 10.9. The number of hydrogen-bond acceptors (Lipinski definition) is 7. The Hall–Kier alpha value is -3.43. The van der Waals surface area contributed by atoms with Crippen LogP contribution < -0.4 is 10.9 Å². The summed E-state index contributed by atoms with van der Waals surface area (Å²) in [5, 5.41) is 3.74. The highest BCUT2D eigenvalue weighted by molar-refractivity contribution is 7.99. The van der Waals surface area contributed by atoms with Crippen LogP contribution in [0.15, 0.2) is 70.6 Å². The number of esters is 1. The third kappa shape index (κ3) is 5.80. The lowest BCUT2D eigenvalue weighted by molar-refractivity contribution is -0.118. The molecule has 0 saturated heterocycles. The number of rotatable bonds is 9. The molecule has 4 aromatic rings. The zero-order valence-electron chi connectivity index (χ0n) is 19.4. The second kappa shape index (κ2) is 11.3. The summed E-state index contributed by atoms with van der Waals surface area (Å²) < 4.78 is 6.72. The second-order valence-corrected chi connectivity index (χ2v) is 9.72. The fraction of sp³-hybridized carbons (Fsp3) is 0.231. The fourth-order valence-electron chi connectivity index (χ4n) is 3.58. The Labute approximate surface area is 211 Å². The summed E-state index contributed by atoms with van der Waals surface area (Å²) in [5.74, 6) is -0.514. The average Bonchev–Trinajstić information content (AvgIpc) is 3.21. The summed E-state index contributed by atoms with van der Waals surface area (Å²) in [6, 6.07) is 19.3. The number of carbonyl (C=O) groups excluding carboxylic acids is 2. The molecule has 0 aliphatic heterocycles. The number of nitrogens with one attached hydrogen (secondary N) is 1. The first kappa shape index (κ1) is 24.7. The van der Waals surface area contributed by atoms with Crippen molar-refractivity contribution in [2.45, 2.75) is 32.1 Å². The van der Waals surface area contributed by atoms with Gasteiger partial charge in [-0.15, -0.1) is 11.3 Å². The van der Waals surface area contributed by atoms with E-state index in [2.05, 4.69) is 5.32 Å². The van der Waals surface area contributed by atoms with E-state index in [-0.39, 0.29) is 23.8 Å². The Balaban J connectivity index is 1.64. The second-order valence-electron chi connectivity index (χ2n) is 7.78. The van der Waals surface area contributed by atoms with Crippen LogP contribution in [-0.4, -0.2) is 33.8 Å². The molecule has 9 heteroatoms. The van der Waals surface area contributed by atoms with Crippen molar-refractivity contribution >= 4 is 45.2 Å². The topological polar surface area (TPSA) is 90.3 Å². The number of carbonyl (C=O) groups is 2. The first-order valence-electron chi connectivity index (χ1n) is 11.2. The quantitative estimate of drug-likeness (QED) is 0.205. The Morgan fingerprint density at radius 2 is 1.71 bits per heavy atom. The number of aryl methyl sites for hydroxylation is 1. The molecule has 0 spiro atoms. The van der Waals surface area contributed by atoms with Gasteiger partial charge in [0.1, 0.15) is 9.71 Å². The number of aromatic nitrogens is 2. The zero-order valence-corrected chi connectivity index (χ0v) is 21.1. The highest BCUT2D eigenvalue weighted by atomic mass is 32.2. The molecule has 2 aromatic heterocycles. The number of amides is 1. The number of hydrogen-bond donors (Lipinski definition) is 1. The van der Waals surface area contributed by atoms with Crippen LogP contribution in [0.1, 0.15) is 33.3 Å². The minimum atomic E-state index is -0.462. The van der Waals surface area contributed by atoms with Crippen LogP contribution in [0.5, 0.6) is 0 Å². The van der Waals surface area contributed by atoms with Crippen LogP contribution in [0.4, 0.5) is 0 Å². The zero-order chi connectivity index (χ0) is 24.8. The third-order valence-electron chi connectivity index (χ3n) is 5.32. The van der Waals surface area contributed by atoms with Crippen LogP contribution >= 0.6 is 23.1 Å². The number of thioether (sulfide) groups is 1. The summed E-state index contributed by atoms with van der Waals surface area (Å²) in [5.41, 5.74) is 2.27. The monoisotopic (exact) mass is 507 g/mol. The maximum atomic E-state index is 13.6. The molecule has 2 heterocycles. The molecule has 7 nitrogen and oxygen atoms in total. The van der Waals surface area contributed by atoms with Crippen LogP contribution in [0.2, 0.25) is 0 Å².